The molecule has 2 rings (SSSR count). The predicted octanol–water partition coefficient (Wildman–Crippen LogP) is 0.989. The number of ether oxygens (including phenoxy) is 1. The molecule has 0 bridgehead atoms. The number of morpholine rings is 1. The van der Waals surface area contributed by atoms with E-state index in [1.54, 1.807) is 6.07 Å². The fourth-order valence-electron chi connectivity index (χ4n) is 2.37. The van der Waals surface area contributed by atoms with E-state index in [1.807, 2.05) is 26.1 Å². The third kappa shape index (κ3) is 3.20. The van der Waals surface area contributed by atoms with Crippen LogP contribution in [-0.2, 0) is 27.7 Å². The first-order valence-electron chi connectivity index (χ1n) is 6.94. The Hall–Kier alpha value is -0.950. The fraction of sp³-hybridized carbons (Fsp3) is 0.571. The van der Waals surface area contributed by atoms with Crippen molar-refractivity contribution in [1.29, 1.82) is 0 Å². The molecule has 1 fully saturated rings. The van der Waals surface area contributed by atoms with Crippen molar-refractivity contribution >= 4 is 10.0 Å². The molecule has 0 unspecified atom stereocenters. The maximum atomic E-state index is 12.8. The van der Waals surface area contributed by atoms with Gasteiger partial charge in [0.25, 0.3) is 0 Å². The van der Waals surface area contributed by atoms with Gasteiger partial charge in [-0.1, -0.05) is 19.1 Å². The van der Waals surface area contributed by atoms with Crippen LogP contribution in [0.15, 0.2) is 23.1 Å². The van der Waals surface area contributed by atoms with Crippen molar-refractivity contribution in [3.63, 3.8) is 0 Å². The van der Waals surface area contributed by atoms with Crippen molar-refractivity contribution in [2.24, 2.45) is 0 Å². The first kappa shape index (κ1) is 15.4. The molecule has 0 aromatic heterocycles. The summed E-state index contributed by atoms with van der Waals surface area (Å²) in [5.74, 6) is 0. The van der Waals surface area contributed by atoms with Crippen molar-refractivity contribution < 1.29 is 13.2 Å². The highest BCUT2D eigenvalue weighted by atomic mass is 32.2. The van der Waals surface area contributed by atoms with Crippen LogP contribution in [0.5, 0.6) is 0 Å². The first-order chi connectivity index (χ1) is 9.59. The van der Waals surface area contributed by atoms with E-state index in [2.05, 4.69) is 5.32 Å². The highest BCUT2D eigenvalue weighted by molar-refractivity contribution is 7.89. The van der Waals surface area contributed by atoms with Crippen LogP contribution in [0.25, 0.3) is 0 Å². The van der Waals surface area contributed by atoms with Gasteiger partial charge in [0.15, 0.2) is 0 Å². The molecule has 1 aliphatic heterocycles. The first-order valence-corrected chi connectivity index (χ1v) is 8.38. The molecule has 20 heavy (non-hydrogen) atoms. The lowest BCUT2D eigenvalue weighted by Crippen LogP contribution is -2.41. The molecule has 1 aliphatic rings. The van der Waals surface area contributed by atoms with Crippen LogP contribution in [0.2, 0.25) is 0 Å². The quantitative estimate of drug-likeness (QED) is 0.881. The van der Waals surface area contributed by atoms with Gasteiger partial charge in [-0.15, -0.1) is 0 Å². The van der Waals surface area contributed by atoms with Gasteiger partial charge in [0.1, 0.15) is 0 Å². The van der Waals surface area contributed by atoms with Crippen molar-refractivity contribution in [3.8, 4) is 0 Å². The Morgan fingerprint density at radius 1 is 1.30 bits per heavy atom. The zero-order chi connectivity index (χ0) is 14.6. The molecular weight excluding hydrogens is 276 g/mol. The summed E-state index contributed by atoms with van der Waals surface area (Å²) in [7, 11) is -1.57. The third-order valence-electron chi connectivity index (χ3n) is 3.48. The Morgan fingerprint density at radius 2 is 2.00 bits per heavy atom. The molecule has 0 amide bonds. The molecule has 1 saturated heterocycles. The van der Waals surface area contributed by atoms with E-state index in [0.29, 0.717) is 44.2 Å². The largest absolute Gasteiger partial charge is 0.379 e. The molecule has 1 heterocycles. The lowest BCUT2D eigenvalue weighted by molar-refractivity contribution is 0.0730. The van der Waals surface area contributed by atoms with Gasteiger partial charge >= 0.3 is 0 Å². The molecule has 1 N–H and O–H groups in total. The number of nitrogens with one attached hydrogen (secondary N) is 1. The zero-order valence-corrected chi connectivity index (χ0v) is 12.9. The summed E-state index contributed by atoms with van der Waals surface area (Å²) in [5, 5.41) is 3.05. The number of nitrogens with zero attached hydrogens (tertiary/aromatic N) is 1. The van der Waals surface area contributed by atoms with Gasteiger partial charge < -0.3 is 10.1 Å². The van der Waals surface area contributed by atoms with Crippen LogP contribution in [0, 0.1) is 0 Å². The van der Waals surface area contributed by atoms with Gasteiger partial charge in [-0.05, 0) is 30.7 Å². The number of aryl methyl sites for hydroxylation is 1. The molecule has 0 aliphatic carbocycles. The third-order valence-corrected chi connectivity index (χ3v) is 5.46. The van der Waals surface area contributed by atoms with Gasteiger partial charge in [0, 0.05) is 19.6 Å². The SMILES string of the molecule is CCc1ccc(CNC)cc1S(=O)(=O)N1CCOCC1. The van der Waals surface area contributed by atoms with Crippen molar-refractivity contribution in [2.75, 3.05) is 33.4 Å². The maximum Gasteiger partial charge on any atom is 0.243 e. The topological polar surface area (TPSA) is 58.6 Å². The Morgan fingerprint density at radius 3 is 2.60 bits per heavy atom. The summed E-state index contributed by atoms with van der Waals surface area (Å²) >= 11 is 0. The highest BCUT2D eigenvalue weighted by Crippen LogP contribution is 2.23. The summed E-state index contributed by atoms with van der Waals surface area (Å²) in [5.41, 5.74) is 1.85. The summed E-state index contributed by atoms with van der Waals surface area (Å²) in [4.78, 5) is 0.439. The van der Waals surface area contributed by atoms with Crippen LogP contribution in [-0.4, -0.2) is 46.1 Å². The second-order valence-electron chi connectivity index (χ2n) is 4.84. The molecule has 0 atom stereocenters. The zero-order valence-electron chi connectivity index (χ0n) is 12.1. The summed E-state index contributed by atoms with van der Waals surface area (Å²) in [6, 6.07) is 5.69. The Kier molecular flexibility index (Phi) is 5.15. The van der Waals surface area contributed by atoms with E-state index in [9.17, 15) is 8.42 Å². The summed E-state index contributed by atoms with van der Waals surface area (Å²) < 4.78 is 32.3. The second-order valence-corrected chi connectivity index (χ2v) is 6.75. The molecule has 0 saturated carbocycles. The number of hydrogen-bond donors (Lipinski definition) is 1. The van der Waals surface area contributed by atoms with Crippen molar-refractivity contribution in [1.82, 2.24) is 9.62 Å². The van der Waals surface area contributed by atoms with Crippen LogP contribution in [0.3, 0.4) is 0 Å². The normalized spacial score (nSPS) is 17.3. The molecule has 1 aromatic rings. The molecular formula is C14H22N2O3S. The Labute approximate surface area is 121 Å². The number of hydrogen-bond acceptors (Lipinski definition) is 4. The van der Waals surface area contributed by atoms with Crippen LogP contribution >= 0.6 is 0 Å². The van der Waals surface area contributed by atoms with Crippen LogP contribution in [0.1, 0.15) is 18.1 Å². The number of sulfonamides is 1. The molecule has 112 valence electrons. The van der Waals surface area contributed by atoms with Gasteiger partial charge in [-0.3, -0.25) is 0 Å². The van der Waals surface area contributed by atoms with Gasteiger partial charge in [0.2, 0.25) is 10.0 Å². The number of benzene rings is 1. The summed E-state index contributed by atoms with van der Waals surface area (Å²) in [6.07, 6.45) is 0.707. The summed E-state index contributed by atoms with van der Waals surface area (Å²) in [6.45, 7) is 4.44. The number of rotatable bonds is 5. The average Bonchev–Trinajstić information content (AvgIpc) is 2.48. The van der Waals surface area contributed by atoms with E-state index in [1.165, 1.54) is 4.31 Å². The molecule has 1 aromatic carbocycles. The maximum absolute atomic E-state index is 12.8. The van der Waals surface area contributed by atoms with E-state index in [4.69, 9.17) is 4.74 Å². The van der Waals surface area contributed by atoms with E-state index >= 15 is 0 Å². The standard InChI is InChI=1S/C14H22N2O3S/c1-3-13-5-4-12(11-15-2)10-14(13)20(17,18)16-6-8-19-9-7-16/h4-5,10,15H,3,6-9,11H2,1-2H3. The van der Waals surface area contributed by atoms with Gasteiger partial charge in [-0.25, -0.2) is 8.42 Å². The van der Waals surface area contributed by atoms with Gasteiger partial charge in [-0.2, -0.15) is 4.31 Å². The Balaban J connectivity index is 2.39. The minimum Gasteiger partial charge on any atom is -0.379 e. The lowest BCUT2D eigenvalue weighted by atomic mass is 10.1. The smallest absolute Gasteiger partial charge is 0.243 e. The second kappa shape index (κ2) is 6.67. The van der Waals surface area contributed by atoms with Crippen molar-refractivity contribution in [2.45, 2.75) is 24.8 Å². The van der Waals surface area contributed by atoms with E-state index in [-0.39, 0.29) is 0 Å². The molecule has 5 nitrogen and oxygen atoms in total. The molecule has 6 heteroatoms. The van der Waals surface area contributed by atoms with Crippen LogP contribution < -0.4 is 5.32 Å². The minimum absolute atomic E-state index is 0.432. The molecule has 0 radical (unpaired) electrons. The monoisotopic (exact) mass is 298 g/mol. The minimum atomic E-state index is -3.42. The lowest BCUT2D eigenvalue weighted by Gasteiger charge is -2.27. The fourth-order valence-corrected chi connectivity index (χ4v) is 4.12. The van der Waals surface area contributed by atoms with Crippen LogP contribution in [0.4, 0.5) is 0 Å². The Bertz CT molecular complexity index is 552. The average molecular weight is 298 g/mol. The molecule has 0 spiro atoms. The highest BCUT2D eigenvalue weighted by Gasteiger charge is 2.28. The van der Waals surface area contributed by atoms with E-state index < -0.39 is 10.0 Å². The van der Waals surface area contributed by atoms with Crippen molar-refractivity contribution in [3.05, 3.63) is 29.3 Å². The predicted molar refractivity (Wildman–Crippen MR) is 78.2 cm³/mol. The van der Waals surface area contributed by atoms with Gasteiger partial charge in [0.05, 0.1) is 18.1 Å². The van der Waals surface area contributed by atoms with E-state index in [0.717, 1.165) is 11.1 Å².